The molecule has 0 aliphatic heterocycles. The van der Waals surface area contributed by atoms with Crippen molar-refractivity contribution in [3.05, 3.63) is 51.5 Å². The van der Waals surface area contributed by atoms with Gasteiger partial charge in [-0.15, -0.1) is 0 Å². The van der Waals surface area contributed by atoms with E-state index in [1.165, 1.54) is 12.1 Å². The molecule has 4 nitrogen and oxygen atoms in total. The fourth-order valence-electron chi connectivity index (χ4n) is 1.83. The summed E-state index contributed by atoms with van der Waals surface area (Å²) in [4.78, 5) is 4.25. The fourth-order valence-corrected chi connectivity index (χ4v) is 2.59. The summed E-state index contributed by atoms with van der Waals surface area (Å²) >= 11 is 8.92. The number of ether oxygens (including phenoxy) is 1. The normalized spacial score (nSPS) is 11.0. The highest BCUT2D eigenvalue weighted by Crippen LogP contribution is 2.31. The van der Waals surface area contributed by atoms with Crippen LogP contribution in [0.1, 0.15) is 5.89 Å². The Bertz CT molecular complexity index is 822. The lowest BCUT2D eigenvalue weighted by Crippen LogP contribution is -1.97. The molecule has 108 valence electrons. The second-order valence-electron chi connectivity index (χ2n) is 4.29. The first-order chi connectivity index (χ1) is 10.0. The maximum absolute atomic E-state index is 13.4. The molecule has 0 aliphatic rings. The second kappa shape index (κ2) is 5.54. The van der Waals surface area contributed by atoms with Crippen LogP contribution in [0.15, 0.2) is 39.2 Å². The van der Waals surface area contributed by atoms with Crippen LogP contribution in [0.2, 0.25) is 5.02 Å². The van der Waals surface area contributed by atoms with Gasteiger partial charge in [0.15, 0.2) is 12.2 Å². The number of nitrogens with zero attached hydrogens (tertiary/aromatic N) is 1. The molecule has 0 saturated heterocycles. The SMILES string of the molecule is Nc1cccc2oc(COc3cc(F)c(Cl)cc3Br)nc12. The van der Waals surface area contributed by atoms with E-state index in [9.17, 15) is 4.39 Å². The summed E-state index contributed by atoms with van der Waals surface area (Å²) < 4.78 is 25.0. The van der Waals surface area contributed by atoms with Crippen molar-refractivity contribution in [3.63, 3.8) is 0 Å². The minimum atomic E-state index is -0.559. The molecule has 3 aromatic rings. The zero-order valence-electron chi connectivity index (χ0n) is 10.6. The van der Waals surface area contributed by atoms with Crippen molar-refractivity contribution >= 4 is 44.3 Å². The number of nitrogens with two attached hydrogens (primary N) is 1. The van der Waals surface area contributed by atoms with Gasteiger partial charge >= 0.3 is 0 Å². The van der Waals surface area contributed by atoms with Crippen molar-refractivity contribution in [2.24, 2.45) is 0 Å². The van der Waals surface area contributed by atoms with Gasteiger partial charge in [0.1, 0.15) is 17.1 Å². The van der Waals surface area contributed by atoms with E-state index in [1.807, 2.05) is 0 Å². The average Bonchev–Trinajstić information content (AvgIpc) is 2.86. The second-order valence-corrected chi connectivity index (χ2v) is 5.55. The lowest BCUT2D eigenvalue weighted by Gasteiger charge is -2.06. The van der Waals surface area contributed by atoms with E-state index in [0.717, 1.165) is 0 Å². The van der Waals surface area contributed by atoms with Crippen LogP contribution in [0.25, 0.3) is 11.1 Å². The van der Waals surface area contributed by atoms with Gasteiger partial charge in [-0.25, -0.2) is 9.37 Å². The molecule has 0 spiro atoms. The minimum Gasteiger partial charge on any atom is -0.483 e. The van der Waals surface area contributed by atoms with Gasteiger partial charge in [-0.3, -0.25) is 0 Å². The first-order valence-corrected chi connectivity index (χ1v) is 7.13. The van der Waals surface area contributed by atoms with Gasteiger partial charge in [0.2, 0.25) is 5.89 Å². The minimum absolute atomic E-state index is 0.0175. The van der Waals surface area contributed by atoms with E-state index in [4.69, 9.17) is 26.5 Å². The van der Waals surface area contributed by atoms with Crippen LogP contribution in [0.4, 0.5) is 10.1 Å². The summed E-state index contributed by atoms with van der Waals surface area (Å²) in [6.07, 6.45) is 0. The quantitative estimate of drug-likeness (QED) is 0.542. The predicted molar refractivity (Wildman–Crippen MR) is 81.9 cm³/mol. The summed E-state index contributed by atoms with van der Waals surface area (Å²) in [6.45, 7) is 0.0494. The zero-order valence-corrected chi connectivity index (χ0v) is 12.9. The Kier molecular flexibility index (Phi) is 3.73. The average molecular weight is 372 g/mol. The molecule has 1 heterocycles. The number of rotatable bonds is 3. The molecule has 0 unspecified atom stereocenters. The number of nitrogen functional groups attached to an aromatic ring is 1. The Balaban J connectivity index is 1.83. The third kappa shape index (κ3) is 2.82. The fraction of sp³-hybridized carbons (Fsp3) is 0.0714. The third-order valence-corrected chi connectivity index (χ3v) is 3.73. The summed E-state index contributed by atoms with van der Waals surface area (Å²) in [7, 11) is 0. The molecule has 0 aliphatic carbocycles. The van der Waals surface area contributed by atoms with Crippen molar-refractivity contribution < 1.29 is 13.5 Å². The number of hydrogen-bond acceptors (Lipinski definition) is 4. The van der Waals surface area contributed by atoms with Crippen LogP contribution < -0.4 is 10.5 Å². The summed E-state index contributed by atoms with van der Waals surface area (Å²) in [5, 5.41) is 0.0175. The van der Waals surface area contributed by atoms with Gasteiger partial charge in [-0.2, -0.15) is 0 Å². The molecule has 1 aromatic heterocycles. The number of anilines is 1. The molecule has 0 fully saturated rings. The van der Waals surface area contributed by atoms with Gasteiger partial charge in [-0.05, 0) is 34.1 Å². The first kappa shape index (κ1) is 14.2. The van der Waals surface area contributed by atoms with Gasteiger partial charge in [-0.1, -0.05) is 17.7 Å². The Labute approximate surface area is 132 Å². The number of fused-ring (bicyclic) bond motifs is 1. The van der Waals surface area contributed by atoms with Crippen molar-refractivity contribution in [2.75, 3.05) is 5.73 Å². The van der Waals surface area contributed by atoms with Gasteiger partial charge in [0.05, 0.1) is 15.2 Å². The maximum Gasteiger partial charge on any atom is 0.233 e. The summed E-state index contributed by atoms with van der Waals surface area (Å²) in [5.74, 6) is 0.106. The molecule has 0 saturated carbocycles. The highest BCUT2D eigenvalue weighted by atomic mass is 79.9. The zero-order chi connectivity index (χ0) is 15.0. The molecule has 2 aromatic carbocycles. The highest BCUT2D eigenvalue weighted by Gasteiger charge is 2.11. The van der Waals surface area contributed by atoms with Crippen LogP contribution in [0, 0.1) is 5.82 Å². The topological polar surface area (TPSA) is 61.3 Å². The largest absolute Gasteiger partial charge is 0.483 e. The lowest BCUT2D eigenvalue weighted by atomic mass is 10.3. The molecule has 7 heteroatoms. The van der Waals surface area contributed by atoms with Gasteiger partial charge in [0.25, 0.3) is 0 Å². The molecular weight excluding hydrogens is 363 g/mol. The van der Waals surface area contributed by atoms with Crippen LogP contribution in [-0.2, 0) is 6.61 Å². The van der Waals surface area contributed by atoms with Gasteiger partial charge < -0.3 is 14.9 Å². The number of benzene rings is 2. The Morgan fingerprint density at radius 3 is 2.95 bits per heavy atom. The van der Waals surface area contributed by atoms with Crippen molar-refractivity contribution in [1.29, 1.82) is 0 Å². The van der Waals surface area contributed by atoms with Crippen LogP contribution in [0.5, 0.6) is 5.75 Å². The Morgan fingerprint density at radius 1 is 1.38 bits per heavy atom. The first-order valence-electron chi connectivity index (χ1n) is 5.96. The van der Waals surface area contributed by atoms with E-state index < -0.39 is 5.82 Å². The molecule has 3 rings (SSSR count). The van der Waals surface area contributed by atoms with Crippen molar-refractivity contribution in [1.82, 2.24) is 4.98 Å². The molecule has 2 N–H and O–H groups in total. The summed E-state index contributed by atoms with van der Waals surface area (Å²) in [5.41, 5.74) is 7.49. The highest BCUT2D eigenvalue weighted by molar-refractivity contribution is 9.10. The number of hydrogen-bond donors (Lipinski definition) is 1. The number of halogens is 3. The molecule has 0 radical (unpaired) electrons. The molecule has 0 amide bonds. The number of oxazole rings is 1. The van der Waals surface area contributed by atoms with Crippen molar-refractivity contribution in [2.45, 2.75) is 6.61 Å². The molecular formula is C14H9BrClFN2O2. The predicted octanol–water partition coefficient (Wildman–Crippen LogP) is 4.54. The molecule has 0 bridgehead atoms. The Hall–Kier alpha value is -1.79. The van der Waals surface area contributed by atoms with E-state index in [1.54, 1.807) is 18.2 Å². The van der Waals surface area contributed by atoms with E-state index >= 15 is 0 Å². The molecule has 0 atom stereocenters. The van der Waals surface area contributed by atoms with E-state index in [2.05, 4.69) is 20.9 Å². The maximum atomic E-state index is 13.4. The van der Waals surface area contributed by atoms with Gasteiger partial charge in [0, 0.05) is 6.07 Å². The van der Waals surface area contributed by atoms with E-state index in [0.29, 0.717) is 32.9 Å². The standard InChI is InChI=1S/C14H9BrClFN2O2/c15-7-4-8(16)9(17)5-12(7)20-6-13-19-14-10(18)2-1-3-11(14)21-13/h1-5H,6,18H2. The smallest absolute Gasteiger partial charge is 0.233 e. The lowest BCUT2D eigenvalue weighted by molar-refractivity contribution is 0.264. The number of para-hydroxylation sites is 1. The van der Waals surface area contributed by atoms with Crippen LogP contribution >= 0.6 is 27.5 Å². The van der Waals surface area contributed by atoms with Crippen LogP contribution in [-0.4, -0.2) is 4.98 Å². The van der Waals surface area contributed by atoms with Crippen molar-refractivity contribution in [3.8, 4) is 5.75 Å². The molecule has 21 heavy (non-hydrogen) atoms. The third-order valence-electron chi connectivity index (χ3n) is 2.82. The monoisotopic (exact) mass is 370 g/mol. The number of aromatic nitrogens is 1. The van der Waals surface area contributed by atoms with E-state index in [-0.39, 0.29) is 11.6 Å². The Morgan fingerprint density at radius 2 is 2.19 bits per heavy atom. The van der Waals surface area contributed by atoms with Crippen LogP contribution in [0.3, 0.4) is 0 Å². The summed E-state index contributed by atoms with van der Waals surface area (Å²) in [6, 6.07) is 7.90.